The molecule has 2 aromatic rings. The quantitative estimate of drug-likeness (QED) is 0.848. The van der Waals surface area contributed by atoms with E-state index in [4.69, 9.17) is 14.2 Å². The molecular formula is C19H23NO3. The first-order valence-electron chi connectivity index (χ1n) is 7.83. The molecule has 4 heteroatoms. The molecular weight excluding hydrogens is 290 g/mol. The van der Waals surface area contributed by atoms with E-state index in [1.54, 1.807) is 21.3 Å². The minimum absolute atomic E-state index is 0.809. The molecule has 0 radical (unpaired) electrons. The minimum atomic E-state index is 0.809. The normalized spacial score (nSPS) is 14.2. The number of fused-ring (bicyclic) bond motifs is 1. The van der Waals surface area contributed by atoms with Crippen molar-refractivity contribution in [2.45, 2.75) is 19.5 Å². The van der Waals surface area contributed by atoms with Crippen LogP contribution in [0.15, 0.2) is 36.4 Å². The second kappa shape index (κ2) is 6.92. The molecule has 0 spiro atoms. The first-order chi connectivity index (χ1) is 11.2. The van der Waals surface area contributed by atoms with Gasteiger partial charge in [-0.3, -0.25) is 4.90 Å². The SMILES string of the molecule is COc1ccc2c(c1)CN(Cc1c(OC)cccc1OC)CC2. The van der Waals surface area contributed by atoms with Gasteiger partial charge < -0.3 is 14.2 Å². The number of methoxy groups -OCH3 is 3. The maximum atomic E-state index is 5.51. The fourth-order valence-electron chi connectivity index (χ4n) is 3.16. The van der Waals surface area contributed by atoms with Crippen molar-refractivity contribution in [3.8, 4) is 17.2 Å². The molecule has 1 heterocycles. The molecule has 0 aromatic heterocycles. The molecule has 0 saturated carbocycles. The van der Waals surface area contributed by atoms with E-state index in [2.05, 4.69) is 17.0 Å². The zero-order valence-corrected chi connectivity index (χ0v) is 14.0. The third-order valence-electron chi connectivity index (χ3n) is 4.42. The average molecular weight is 313 g/mol. The minimum Gasteiger partial charge on any atom is -0.497 e. The van der Waals surface area contributed by atoms with E-state index < -0.39 is 0 Å². The fraction of sp³-hybridized carbons (Fsp3) is 0.368. The Morgan fingerprint density at radius 2 is 1.65 bits per heavy atom. The molecule has 0 unspecified atom stereocenters. The Morgan fingerprint density at radius 3 is 2.30 bits per heavy atom. The second-order valence-corrected chi connectivity index (χ2v) is 5.74. The Bertz CT molecular complexity index is 662. The predicted octanol–water partition coefficient (Wildman–Crippen LogP) is 3.27. The van der Waals surface area contributed by atoms with Gasteiger partial charge in [0.05, 0.1) is 26.9 Å². The van der Waals surface area contributed by atoms with Gasteiger partial charge in [0, 0.05) is 19.6 Å². The van der Waals surface area contributed by atoms with Crippen LogP contribution in [0.1, 0.15) is 16.7 Å². The molecule has 3 rings (SSSR count). The summed E-state index contributed by atoms with van der Waals surface area (Å²) >= 11 is 0. The summed E-state index contributed by atoms with van der Waals surface area (Å²) in [6.45, 7) is 2.75. The summed E-state index contributed by atoms with van der Waals surface area (Å²) in [5.74, 6) is 2.67. The molecule has 23 heavy (non-hydrogen) atoms. The van der Waals surface area contributed by atoms with Gasteiger partial charge in [-0.1, -0.05) is 12.1 Å². The van der Waals surface area contributed by atoms with Crippen molar-refractivity contribution in [1.29, 1.82) is 0 Å². The Hall–Kier alpha value is -2.20. The van der Waals surface area contributed by atoms with Crippen LogP contribution >= 0.6 is 0 Å². The van der Waals surface area contributed by atoms with Gasteiger partial charge in [0.15, 0.2) is 0 Å². The highest BCUT2D eigenvalue weighted by atomic mass is 16.5. The van der Waals surface area contributed by atoms with Crippen molar-refractivity contribution in [3.05, 3.63) is 53.1 Å². The first-order valence-corrected chi connectivity index (χ1v) is 7.83. The van der Waals surface area contributed by atoms with Gasteiger partial charge in [-0.05, 0) is 41.8 Å². The Labute approximate surface area is 137 Å². The maximum absolute atomic E-state index is 5.51. The van der Waals surface area contributed by atoms with E-state index in [9.17, 15) is 0 Å². The van der Waals surface area contributed by atoms with Crippen LogP contribution in [0, 0.1) is 0 Å². The monoisotopic (exact) mass is 313 g/mol. The molecule has 0 amide bonds. The van der Waals surface area contributed by atoms with Crippen LogP contribution in [0.3, 0.4) is 0 Å². The van der Waals surface area contributed by atoms with E-state index in [0.29, 0.717) is 0 Å². The summed E-state index contributed by atoms with van der Waals surface area (Å²) < 4.78 is 16.4. The highest BCUT2D eigenvalue weighted by molar-refractivity contribution is 5.45. The van der Waals surface area contributed by atoms with Gasteiger partial charge in [-0.15, -0.1) is 0 Å². The summed E-state index contributed by atoms with van der Waals surface area (Å²) in [6.07, 6.45) is 1.05. The van der Waals surface area contributed by atoms with Crippen LogP contribution in [0.5, 0.6) is 17.2 Å². The summed E-state index contributed by atoms with van der Waals surface area (Å²) in [5.41, 5.74) is 3.85. The zero-order chi connectivity index (χ0) is 16.2. The lowest BCUT2D eigenvalue weighted by Gasteiger charge is -2.30. The standard InChI is InChI=1S/C19H23NO3/c1-21-16-8-7-14-9-10-20(12-15(14)11-16)13-17-18(22-2)5-4-6-19(17)23-3/h4-8,11H,9-10,12-13H2,1-3H3. The number of hydrogen-bond donors (Lipinski definition) is 0. The lowest BCUT2D eigenvalue weighted by molar-refractivity contribution is 0.237. The lowest BCUT2D eigenvalue weighted by Crippen LogP contribution is -2.30. The molecule has 2 aromatic carbocycles. The van der Waals surface area contributed by atoms with Crippen LogP contribution in [-0.4, -0.2) is 32.8 Å². The summed E-state index contributed by atoms with van der Waals surface area (Å²) in [4.78, 5) is 2.42. The summed E-state index contributed by atoms with van der Waals surface area (Å²) in [6, 6.07) is 12.3. The Balaban J connectivity index is 1.82. The third-order valence-corrected chi connectivity index (χ3v) is 4.42. The van der Waals surface area contributed by atoms with Gasteiger partial charge in [0.1, 0.15) is 17.2 Å². The van der Waals surface area contributed by atoms with Crippen molar-refractivity contribution < 1.29 is 14.2 Å². The van der Waals surface area contributed by atoms with Crippen molar-refractivity contribution >= 4 is 0 Å². The molecule has 1 aliphatic rings. The van der Waals surface area contributed by atoms with Crippen LogP contribution in [0.4, 0.5) is 0 Å². The Morgan fingerprint density at radius 1 is 0.913 bits per heavy atom. The third kappa shape index (κ3) is 3.27. The molecule has 0 bridgehead atoms. The van der Waals surface area contributed by atoms with E-state index in [0.717, 1.165) is 48.9 Å². The number of rotatable bonds is 5. The molecule has 0 saturated heterocycles. The topological polar surface area (TPSA) is 30.9 Å². The van der Waals surface area contributed by atoms with E-state index >= 15 is 0 Å². The van der Waals surface area contributed by atoms with Crippen LogP contribution < -0.4 is 14.2 Å². The Kier molecular flexibility index (Phi) is 4.72. The van der Waals surface area contributed by atoms with Crippen LogP contribution in [-0.2, 0) is 19.5 Å². The van der Waals surface area contributed by atoms with Gasteiger partial charge in [-0.25, -0.2) is 0 Å². The molecule has 0 N–H and O–H groups in total. The molecule has 4 nitrogen and oxygen atoms in total. The molecule has 0 atom stereocenters. The van der Waals surface area contributed by atoms with Crippen molar-refractivity contribution in [2.24, 2.45) is 0 Å². The van der Waals surface area contributed by atoms with Gasteiger partial charge >= 0.3 is 0 Å². The number of ether oxygens (including phenoxy) is 3. The average Bonchev–Trinajstić information content (AvgIpc) is 2.61. The predicted molar refractivity (Wildman–Crippen MR) is 90.4 cm³/mol. The number of hydrogen-bond acceptors (Lipinski definition) is 4. The van der Waals surface area contributed by atoms with Gasteiger partial charge in [0.25, 0.3) is 0 Å². The van der Waals surface area contributed by atoms with Crippen molar-refractivity contribution in [2.75, 3.05) is 27.9 Å². The molecule has 1 aliphatic heterocycles. The summed E-state index contributed by atoms with van der Waals surface area (Å²) in [7, 11) is 5.12. The largest absolute Gasteiger partial charge is 0.497 e. The van der Waals surface area contributed by atoms with Gasteiger partial charge in [-0.2, -0.15) is 0 Å². The number of nitrogens with zero attached hydrogens (tertiary/aromatic N) is 1. The van der Waals surface area contributed by atoms with Crippen LogP contribution in [0.2, 0.25) is 0 Å². The number of benzene rings is 2. The van der Waals surface area contributed by atoms with E-state index in [-0.39, 0.29) is 0 Å². The summed E-state index contributed by atoms with van der Waals surface area (Å²) in [5, 5.41) is 0. The highest BCUT2D eigenvalue weighted by Gasteiger charge is 2.20. The maximum Gasteiger partial charge on any atom is 0.127 e. The molecule has 0 fully saturated rings. The van der Waals surface area contributed by atoms with Crippen molar-refractivity contribution in [3.63, 3.8) is 0 Å². The lowest BCUT2D eigenvalue weighted by atomic mass is 9.99. The van der Waals surface area contributed by atoms with Crippen LogP contribution in [0.25, 0.3) is 0 Å². The highest BCUT2D eigenvalue weighted by Crippen LogP contribution is 2.31. The van der Waals surface area contributed by atoms with Gasteiger partial charge in [0.2, 0.25) is 0 Å². The molecule has 122 valence electrons. The van der Waals surface area contributed by atoms with Crippen molar-refractivity contribution in [1.82, 2.24) is 4.90 Å². The first kappa shape index (κ1) is 15.7. The van der Waals surface area contributed by atoms with E-state index in [1.165, 1.54) is 11.1 Å². The molecule has 0 aliphatic carbocycles. The fourth-order valence-corrected chi connectivity index (χ4v) is 3.16. The smallest absolute Gasteiger partial charge is 0.127 e. The van der Waals surface area contributed by atoms with E-state index in [1.807, 2.05) is 24.3 Å². The second-order valence-electron chi connectivity index (χ2n) is 5.74. The zero-order valence-electron chi connectivity index (χ0n) is 14.0.